The molecule has 5 heteroatoms. The van der Waals surface area contributed by atoms with Crippen LogP contribution in [-0.2, 0) is 17.6 Å². The molecule has 1 aromatic rings. The van der Waals surface area contributed by atoms with Gasteiger partial charge in [-0.1, -0.05) is 31.2 Å². The van der Waals surface area contributed by atoms with Crippen molar-refractivity contribution in [1.82, 2.24) is 0 Å². The van der Waals surface area contributed by atoms with E-state index in [1.807, 2.05) is 24.3 Å². The van der Waals surface area contributed by atoms with Crippen LogP contribution in [0.15, 0.2) is 24.3 Å². The number of benzene rings is 1. The highest BCUT2D eigenvalue weighted by Crippen LogP contribution is 2.40. The van der Waals surface area contributed by atoms with Crippen molar-refractivity contribution in [2.45, 2.75) is 25.9 Å². The van der Waals surface area contributed by atoms with Crippen LogP contribution in [-0.4, -0.2) is 17.3 Å². The summed E-state index contributed by atoms with van der Waals surface area (Å²) in [6.07, 6.45) is -3.65. The van der Waals surface area contributed by atoms with Gasteiger partial charge in [0.25, 0.3) is 0 Å². The number of carboxylic acid groups (broad SMARTS) is 1. The highest BCUT2D eigenvalue weighted by molar-refractivity contribution is 5.71. The average Bonchev–Trinajstić information content (AvgIpc) is 2.70. The summed E-state index contributed by atoms with van der Waals surface area (Å²) in [7, 11) is 0. The third-order valence-corrected chi connectivity index (χ3v) is 3.93. The first kappa shape index (κ1) is 13.9. The van der Waals surface area contributed by atoms with E-state index >= 15 is 0 Å². The van der Waals surface area contributed by atoms with Gasteiger partial charge in [-0.2, -0.15) is 13.2 Å². The highest BCUT2D eigenvalue weighted by Gasteiger charge is 2.48. The van der Waals surface area contributed by atoms with Crippen LogP contribution in [0.2, 0.25) is 0 Å². The largest absolute Gasteiger partial charge is 0.481 e. The van der Waals surface area contributed by atoms with Crippen LogP contribution < -0.4 is 0 Å². The van der Waals surface area contributed by atoms with E-state index < -0.39 is 29.9 Å². The first-order valence-corrected chi connectivity index (χ1v) is 6.17. The van der Waals surface area contributed by atoms with E-state index in [2.05, 4.69) is 0 Å². The molecule has 1 N–H and O–H groups in total. The number of aliphatic carboxylic acids is 1. The summed E-state index contributed by atoms with van der Waals surface area (Å²) in [6.45, 7) is 0.960. The minimum Gasteiger partial charge on any atom is -0.481 e. The maximum absolute atomic E-state index is 12.8. The number of carbonyl (C=O) groups is 1. The third kappa shape index (κ3) is 2.74. The highest BCUT2D eigenvalue weighted by atomic mass is 19.4. The summed E-state index contributed by atoms with van der Waals surface area (Å²) in [6, 6.07) is 7.35. The standard InChI is InChI=1S/C14H15F3O2/c1-8(14(15,16)17)12(13(18)19)11-6-9-4-2-3-5-10(9)7-11/h2-5,8,11-12H,6-7H2,1H3,(H,18,19). The van der Waals surface area contributed by atoms with Gasteiger partial charge in [0, 0.05) is 0 Å². The quantitative estimate of drug-likeness (QED) is 0.916. The molecule has 2 rings (SSSR count). The number of hydrogen-bond acceptors (Lipinski definition) is 1. The van der Waals surface area contributed by atoms with Crippen molar-refractivity contribution in [3.8, 4) is 0 Å². The van der Waals surface area contributed by atoms with Crippen molar-refractivity contribution >= 4 is 5.97 Å². The Morgan fingerprint density at radius 3 is 2.11 bits per heavy atom. The molecule has 1 aromatic carbocycles. The zero-order valence-electron chi connectivity index (χ0n) is 10.4. The molecule has 0 saturated carbocycles. The lowest BCUT2D eigenvalue weighted by atomic mass is 9.80. The van der Waals surface area contributed by atoms with Crippen LogP contribution in [0.3, 0.4) is 0 Å². The van der Waals surface area contributed by atoms with Crippen LogP contribution in [0, 0.1) is 17.8 Å². The van der Waals surface area contributed by atoms with Crippen LogP contribution in [0.25, 0.3) is 0 Å². The van der Waals surface area contributed by atoms with E-state index in [1.54, 1.807) is 0 Å². The number of alkyl halides is 3. The second kappa shape index (κ2) is 4.87. The van der Waals surface area contributed by atoms with Gasteiger partial charge in [-0.3, -0.25) is 4.79 Å². The van der Waals surface area contributed by atoms with Crippen molar-refractivity contribution in [3.05, 3.63) is 35.4 Å². The molecule has 1 aliphatic carbocycles. The molecule has 2 unspecified atom stereocenters. The Hall–Kier alpha value is -1.52. The van der Waals surface area contributed by atoms with Gasteiger partial charge in [0.05, 0.1) is 11.8 Å². The molecule has 0 heterocycles. The van der Waals surface area contributed by atoms with E-state index in [0.717, 1.165) is 18.1 Å². The Morgan fingerprint density at radius 2 is 1.74 bits per heavy atom. The van der Waals surface area contributed by atoms with Gasteiger partial charge in [0.2, 0.25) is 0 Å². The summed E-state index contributed by atoms with van der Waals surface area (Å²) in [5.41, 5.74) is 1.93. The molecule has 104 valence electrons. The number of halogens is 3. The van der Waals surface area contributed by atoms with Crippen LogP contribution in [0.5, 0.6) is 0 Å². The Labute approximate surface area is 109 Å². The zero-order chi connectivity index (χ0) is 14.2. The van der Waals surface area contributed by atoms with Crippen molar-refractivity contribution < 1.29 is 23.1 Å². The van der Waals surface area contributed by atoms with E-state index in [4.69, 9.17) is 5.11 Å². The minimum atomic E-state index is -4.47. The third-order valence-electron chi connectivity index (χ3n) is 3.93. The first-order chi connectivity index (χ1) is 8.80. The topological polar surface area (TPSA) is 37.3 Å². The monoisotopic (exact) mass is 272 g/mol. The maximum atomic E-state index is 12.8. The molecule has 2 nitrogen and oxygen atoms in total. The summed E-state index contributed by atoms with van der Waals surface area (Å²) >= 11 is 0. The van der Waals surface area contributed by atoms with Crippen molar-refractivity contribution in [2.24, 2.45) is 17.8 Å². The van der Waals surface area contributed by atoms with Gasteiger partial charge in [-0.25, -0.2) is 0 Å². The maximum Gasteiger partial charge on any atom is 0.392 e. The predicted octanol–water partition coefficient (Wildman–Crippen LogP) is 3.30. The van der Waals surface area contributed by atoms with Crippen molar-refractivity contribution in [2.75, 3.05) is 0 Å². The van der Waals surface area contributed by atoms with E-state index in [9.17, 15) is 18.0 Å². The molecule has 0 bridgehead atoms. The fraction of sp³-hybridized carbons (Fsp3) is 0.500. The van der Waals surface area contributed by atoms with Gasteiger partial charge in [-0.15, -0.1) is 0 Å². The molecule has 0 fully saturated rings. The van der Waals surface area contributed by atoms with Crippen LogP contribution >= 0.6 is 0 Å². The number of rotatable bonds is 3. The van der Waals surface area contributed by atoms with E-state index in [-0.39, 0.29) is 0 Å². The Morgan fingerprint density at radius 1 is 1.26 bits per heavy atom. The van der Waals surface area contributed by atoms with Gasteiger partial charge in [-0.05, 0) is 29.9 Å². The van der Waals surface area contributed by atoms with E-state index in [1.165, 1.54) is 0 Å². The molecular formula is C14H15F3O2. The number of fused-ring (bicyclic) bond motifs is 1. The van der Waals surface area contributed by atoms with Crippen molar-refractivity contribution in [3.63, 3.8) is 0 Å². The SMILES string of the molecule is CC(C(C(=O)O)C1Cc2ccccc2C1)C(F)(F)F. The average molecular weight is 272 g/mol. The molecule has 0 aliphatic heterocycles. The summed E-state index contributed by atoms with van der Waals surface area (Å²) in [5, 5.41) is 9.15. The van der Waals surface area contributed by atoms with Gasteiger partial charge >= 0.3 is 12.1 Å². The Kier molecular flexibility index (Phi) is 3.56. The normalized spacial score (nSPS) is 18.9. The number of hydrogen-bond donors (Lipinski definition) is 1. The van der Waals surface area contributed by atoms with E-state index in [0.29, 0.717) is 12.8 Å². The molecule has 0 saturated heterocycles. The Balaban J connectivity index is 2.22. The summed E-state index contributed by atoms with van der Waals surface area (Å²) in [5.74, 6) is -5.05. The molecule has 1 aliphatic rings. The lowest BCUT2D eigenvalue weighted by Crippen LogP contribution is -2.38. The van der Waals surface area contributed by atoms with Gasteiger partial charge in [0.1, 0.15) is 0 Å². The zero-order valence-corrected chi connectivity index (χ0v) is 10.4. The number of carboxylic acids is 1. The smallest absolute Gasteiger partial charge is 0.392 e. The summed E-state index contributed by atoms with van der Waals surface area (Å²) in [4.78, 5) is 11.2. The molecule has 0 aromatic heterocycles. The minimum absolute atomic E-state index is 0.410. The molecule has 0 spiro atoms. The van der Waals surface area contributed by atoms with Gasteiger partial charge in [0.15, 0.2) is 0 Å². The van der Waals surface area contributed by atoms with Crippen molar-refractivity contribution in [1.29, 1.82) is 0 Å². The molecule has 0 radical (unpaired) electrons. The van der Waals surface area contributed by atoms with Gasteiger partial charge < -0.3 is 5.11 Å². The van der Waals surface area contributed by atoms with Crippen LogP contribution in [0.4, 0.5) is 13.2 Å². The molecule has 0 amide bonds. The Bertz CT molecular complexity index is 457. The fourth-order valence-electron chi connectivity index (χ4n) is 2.87. The molecular weight excluding hydrogens is 257 g/mol. The predicted molar refractivity (Wildman–Crippen MR) is 63.7 cm³/mol. The first-order valence-electron chi connectivity index (χ1n) is 6.17. The summed E-state index contributed by atoms with van der Waals surface area (Å²) < 4.78 is 38.3. The lowest BCUT2D eigenvalue weighted by Gasteiger charge is -2.27. The second-order valence-corrected chi connectivity index (χ2v) is 5.13. The lowest BCUT2D eigenvalue weighted by molar-refractivity contribution is -0.196. The molecule has 19 heavy (non-hydrogen) atoms. The van der Waals surface area contributed by atoms with Crippen LogP contribution in [0.1, 0.15) is 18.1 Å². The second-order valence-electron chi connectivity index (χ2n) is 5.13. The molecule has 2 atom stereocenters. The fourth-order valence-corrected chi connectivity index (χ4v) is 2.87.